The van der Waals surface area contributed by atoms with Gasteiger partial charge in [-0.15, -0.1) is 0 Å². The largest absolute Gasteiger partial charge is 0.341 e. The van der Waals surface area contributed by atoms with Gasteiger partial charge in [-0.1, -0.05) is 0 Å². The molecule has 1 N–H and O–H groups in total. The SMILES string of the molecule is Clc1nc(Br)c2[nH]cnc2n1. The van der Waals surface area contributed by atoms with Gasteiger partial charge in [-0.2, -0.15) is 4.98 Å². The summed E-state index contributed by atoms with van der Waals surface area (Å²) in [5.74, 6) is 0. The molecular formula is C5H2BrClN4. The molecule has 0 saturated carbocycles. The van der Waals surface area contributed by atoms with E-state index in [1.54, 1.807) is 6.33 Å². The minimum Gasteiger partial charge on any atom is -0.341 e. The zero-order valence-corrected chi connectivity index (χ0v) is 7.52. The molecule has 0 aromatic carbocycles. The van der Waals surface area contributed by atoms with Crippen LogP contribution < -0.4 is 0 Å². The first-order valence-electron chi connectivity index (χ1n) is 2.79. The van der Waals surface area contributed by atoms with Gasteiger partial charge in [-0.05, 0) is 27.5 Å². The molecule has 0 saturated heterocycles. The fourth-order valence-electron chi connectivity index (χ4n) is 0.773. The number of fused-ring (bicyclic) bond motifs is 1. The lowest BCUT2D eigenvalue weighted by atomic mass is 10.6. The van der Waals surface area contributed by atoms with E-state index in [0.717, 1.165) is 5.52 Å². The molecule has 2 rings (SSSR count). The molecule has 0 unspecified atom stereocenters. The van der Waals surface area contributed by atoms with E-state index in [0.29, 0.717) is 10.3 Å². The Morgan fingerprint density at radius 3 is 3.09 bits per heavy atom. The van der Waals surface area contributed by atoms with Crippen molar-refractivity contribution >= 4 is 38.7 Å². The first kappa shape index (κ1) is 7.00. The first-order chi connectivity index (χ1) is 5.27. The standard InChI is InChI=1S/C5H2BrClN4/c6-3-2-4(9-1-8-2)11-5(7)10-3/h1H,(H,8,9,10,11). The van der Waals surface area contributed by atoms with E-state index < -0.39 is 0 Å². The second-order valence-electron chi connectivity index (χ2n) is 1.88. The van der Waals surface area contributed by atoms with E-state index in [2.05, 4.69) is 35.9 Å². The maximum Gasteiger partial charge on any atom is 0.225 e. The van der Waals surface area contributed by atoms with E-state index >= 15 is 0 Å². The molecule has 0 spiro atoms. The Balaban J connectivity index is 2.91. The van der Waals surface area contributed by atoms with Gasteiger partial charge in [0.05, 0.1) is 6.33 Å². The van der Waals surface area contributed by atoms with E-state index in [4.69, 9.17) is 11.6 Å². The highest BCUT2D eigenvalue weighted by Crippen LogP contribution is 2.18. The predicted octanol–water partition coefficient (Wildman–Crippen LogP) is 1.77. The van der Waals surface area contributed by atoms with Crippen LogP contribution in [0, 0.1) is 0 Å². The normalized spacial score (nSPS) is 10.7. The minimum absolute atomic E-state index is 0.191. The van der Waals surface area contributed by atoms with Crippen molar-refractivity contribution in [3.05, 3.63) is 16.2 Å². The van der Waals surface area contributed by atoms with Crippen LogP contribution in [0.15, 0.2) is 10.9 Å². The van der Waals surface area contributed by atoms with Gasteiger partial charge in [-0.3, -0.25) is 0 Å². The number of nitrogens with zero attached hydrogens (tertiary/aromatic N) is 3. The van der Waals surface area contributed by atoms with E-state index in [9.17, 15) is 0 Å². The fourth-order valence-corrected chi connectivity index (χ4v) is 1.50. The highest BCUT2D eigenvalue weighted by Gasteiger charge is 2.04. The molecule has 0 bridgehead atoms. The molecule has 0 aliphatic heterocycles. The Morgan fingerprint density at radius 1 is 1.45 bits per heavy atom. The van der Waals surface area contributed by atoms with Crippen molar-refractivity contribution in [3.8, 4) is 0 Å². The van der Waals surface area contributed by atoms with Crippen molar-refractivity contribution in [1.29, 1.82) is 0 Å². The maximum atomic E-state index is 5.57. The second kappa shape index (κ2) is 2.42. The van der Waals surface area contributed by atoms with Gasteiger partial charge in [0.1, 0.15) is 10.1 Å². The highest BCUT2D eigenvalue weighted by atomic mass is 79.9. The highest BCUT2D eigenvalue weighted by molar-refractivity contribution is 9.10. The lowest BCUT2D eigenvalue weighted by Crippen LogP contribution is -1.84. The molecule has 0 fully saturated rings. The van der Waals surface area contributed by atoms with Crippen molar-refractivity contribution < 1.29 is 0 Å². The van der Waals surface area contributed by atoms with Crippen LogP contribution in [0.25, 0.3) is 11.2 Å². The van der Waals surface area contributed by atoms with Crippen LogP contribution in [0.4, 0.5) is 0 Å². The zero-order chi connectivity index (χ0) is 7.84. The minimum atomic E-state index is 0.191. The molecule has 2 aromatic heterocycles. The summed E-state index contributed by atoms with van der Waals surface area (Å²) in [6.07, 6.45) is 1.54. The van der Waals surface area contributed by atoms with E-state index in [1.807, 2.05) is 0 Å². The quantitative estimate of drug-likeness (QED) is 0.557. The third kappa shape index (κ3) is 1.10. The summed E-state index contributed by atoms with van der Waals surface area (Å²) in [5, 5.41) is 0.191. The van der Waals surface area contributed by atoms with Crippen LogP contribution in [0.3, 0.4) is 0 Å². The average Bonchev–Trinajstić information content (AvgIpc) is 2.34. The van der Waals surface area contributed by atoms with Gasteiger partial charge in [0.25, 0.3) is 0 Å². The van der Waals surface area contributed by atoms with Gasteiger partial charge in [0.2, 0.25) is 5.28 Å². The van der Waals surface area contributed by atoms with Crippen LogP contribution in [-0.2, 0) is 0 Å². The zero-order valence-electron chi connectivity index (χ0n) is 5.17. The maximum absolute atomic E-state index is 5.57. The molecule has 0 radical (unpaired) electrons. The lowest BCUT2D eigenvalue weighted by Gasteiger charge is -1.91. The van der Waals surface area contributed by atoms with Gasteiger partial charge in [-0.25, -0.2) is 9.97 Å². The number of nitrogens with one attached hydrogen (secondary N) is 1. The number of aromatic nitrogens is 4. The molecule has 2 aromatic rings. The van der Waals surface area contributed by atoms with E-state index in [1.165, 1.54) is 0 Å². The third-order valence-corrected chi connectivity index (χ3v) is 1.96. The first-order valence-corrected chi connectivity index (χ1v) is 3.96. The van der Waals surface area contributed by atoms with Crippen LogP contribution in [0.5, 0.6) is 0 Å². The summed E-state index contributed by atoms with van der Waals surface area (Å²) >= 11 is 8.79. The third-order valence-electron chi connectivity index (χ3n) is 1.21. The van der Waals surface area contributed by atoms with Crippen LogP contribution in [-0.4, -0.2) is 19.9 Å². The Labute approximate surface area is 75.2 Å². The molecule has 0 atom stereocenters. The number of halogens is 2. The topological polar surface area (TPSA) is 54.5 Å². The van der Waals surface area contributed by atoms with Gasteiger partial charge >= 0.3 is 0 Å². The fraction of sp³-hybridized carbons (Fsp3) is 0. The predicted molar refractivity (Wildman–Crippen MR) is 44.4 cm³/mol. The Hall–Kier alpha value is -0.680. The van der Waals surface area contributed by atoms with E-state index in [-0.39, 0.29) is 5.28 Å². The summed E-state index contributed by atoms with van der Waals surface area (Å²) < 4.78 is 0.630. The van der Waals surface area contributed by atoms with Crippen molar-refractivity contribution in [2.75, 3.05) is 0 Å². The number of H-pyrrole nitrogens is 1. The lowest BCUT2D eigenvalue weighted by molar-refractivity contribution is 1.17. The molecule has 0 aliphatic rings. The Bertz CT molecular complexity index is 398. The average molecular weight is 233 g/mol. The molecular weight excluding hydrogens is 231 g/mol. The summed E-state index contributed by atoms with van der Waals surface area (Å²) in [6.45, 7) is 0. The van der Waals surface area contributed by atoms with Crippen LogP contribution >= 0.6 is 27.5 Å². The monoisotopic (exact) mass is 232 g/mol. The number of hydrogen-bond donors (Lipinski definition) is 1. The van der Waals surface area contributed by atoms with Crippen molar-refractivity contribution in [3.63, 3.8) is 0 Å². The summed E-state index contributed by atoms with van der Waals surface area (Å²) in [4.78, 5) is 14.5. The van der Waals surface area contributed by atoms with Crippen LogP contribution in [0.1, 0.15) is 0 Å². The molecule has 0 aliphatic carbocycles. The molecule has 6 heteroatoms. The Kier molecular flexibility index (Phi) is 1.54. The summed E-state index contributed by atoms with van der Waals surface area (Å²) in [6, 6.07) is 0. The molecule has 2 heterocycles. The molecule has 0 amide bonds. The van der Waals surface area contributed by atoms with Crippen molar-refractivity contribution in [2.24, 2.45) is 0 Å². The number of hydrogen-bond acceptors (Lipinski definition) is 3. The number of imidazole rings is 1. The van der Waals surface area contributed by atoms with Gasteiger partial charge < -0.3 is 4.98 Å². The van der Waals surface area contributed by atoms with Crippen LogP contribution in [0.2, 0.25) is 5.28 Å². The summed E-state index contributed by atoms with van der Waals surface area (Å²) in [5.41, 5.74) is 1.33. The molecule has 4 nitrogen and oxygen atoms in total. The molecule has 11 heavy (non-hydrogen) atoms. The smallest absolute Gasteiger partial charge is 0.225 e. The summed E-state index contributed by atoms with van der Waals surface area (Å²) in [7, 11) is 0. The van der Waals surface area contributed by atoms with Gasteiger partial charge in [0.15, 0.2) is 5.65 Å². The van der Waals surface area contributed by atoms with Crippen molar-refractivity contribution in [2.45, 2.75) is 0 Å². The number of rotatable bonds is 0. The molecule has 56 valence electrons. The van der Waals surface area contributed by atoms with Crippen molar-refractivity contribution in [1.82, 2.24) is 19.9 Å². The second-order valence-corrected chi connectivity index (χ2v) is 2.97. The van der Waals surface area contributed by atoms with Gasteiger partial charge in [0, 0.05) is 0 Å². The number of aromatic amines is 1. The Morgan fingerprint density at radius 2 is 2.27 bits per heavy atom.